The average Bonchev–Trinajstić information content (AvgIpc) is 2.48. The van der Waals surface area contributed by atoms with Crippen LogP contribution in [-0.4, -0.2) is 36.1 Å². The number of hydrogen-bond donors (Lipinski definition) is 2. The van der Waals surface area contributed by atoms with Gasteiger partial charge in [0.15, 0.2) is 0 Å². The molecule has 2 rings (SSSR count). The number of morpholine rings is 1. The predicted octanol–water partition coefficient (Wildman–Crippen LogP) is 2.03. The molecule has 1 saturated heterocycles. The van der Waals surface area contributed by atoms with Gasteiger partial charge in [0.05, 0.1) is 23.6 Å². The summed E-state index contributed by atoms with van der Waals surface area (Å²) < 4.78 is 5.61. The number of hydrogen-bond acceptors (Lipinski definition) is 5. The van der Waals surface area contributed by atoms with Crippen LogP contribution in [-0.2, 0) is 9.53 Å². The molecule has 1 aromatic rings. The Morgan fingerprint density at radius 1 is 1.43 bits per heavy atom. The number of nitrogens with one attached hydrogen (secondary N) is 1. The van der Waals surface area contributed by atoms with E-state index in [9.17, 15) is 10.1 Å². The molecule has 0 aliphatic carbocycles. The zero-order valence-electron chi connectivity index (χ0n) is 13.7. The summed E-state index contributed by atoms with van der Waals surface area (Å²) in [7, 11) is 0. The molecule has 122 valence electrons. The second kappa shape index (κ2) is 7.16. The summed E-state index contributed by atoms with van der Waals surface area (Å²) >= 11 is 0. The molecular weight excluding hydrogens is 292 g/mol. The largest absolute Gasteiger partial charge is 0.397 e. The van der Waals surface area contributed by atoms with E-state index >= 15 is 0 Å². The Morgan fingerprint density at radius 3 is 2.65 bits per heavy atom. The van der Waals surface area contributed by atoms with Gasteiger partial charge >= 0.3 is 0 Å². The number of nitriles is 1. The number of anilines is 2. The second-order valence-electron chi connectivity index (χ2n) is 5.87. The lowest BCUT2D eigenvalue weighted by atomic mass is 10.1. The molecular formula is C17H22N4O2. The van der Waals surface area contributed by atoms with Crippen LogP contribution in [0.15, 0.2) is 30.0 Å². The molecule has 1 aromatic carbocycles. The molecule has 1 aliphatic heterocycles. The highest BCUT2D eigenvalue weighted by Crippen LogP contribution is 2.20. The fourth-order valence-corrected chi connectivity index (χ4v) is 2.62. The van der Waals surface area contributed by atoms with E-state index in [1.807, 2.05) is 45.0 Å². The smallest absolute Gasteiger partial charge is 0.266 e. The van der Waals surface area contributed by atoms with E-state index in [4.69, 9.17) is 10.5 Å². The van der Waals surface area contributed by atoms with Crippen molar-refractivity contribution in [2.45, 2.75) is 33.0 Å². The van der Waals surface area contributed by atoms with Crippen molar-refractivity contribution < 1.29 is 9.53 Å². The highest BCUT2D eigenvalue weighted by molar-refractivity contribution is 5.97. The first-order chi connectivity index (χ1) is 10.9. The molecule has 23 heavy (non-hydrogen) atoms. The number of amides is 1. The third kappa shape index (κ3) is 4.24. The van der Waals surface area contributed by atoms with Gasteiger partial charge in [0.25, 0.3) is 5.91 Å². The maximum Gasteiger partial charge on any atom is 0.266 e. The summed E-state index contributed by atoms with van der Waals surface area (Å²) in [5.74, 6) is -0.298. The van der Waals surface area contributed by atoms with Crippen LogP contribution in [0.25, 0.3) is 0 Å². The first-order valence-corrected chi connectivity index (χ1v) is 7.58. The molecule has 0 aromatic heterocycles. The Balaban J connectivity index is 2.12. The maximum atomic E-state index is 12.5. The van der Waals surface area contributed by atoms with Crippen molar-refractivity contribution in [3.63, 3.8) is 0 Å². The zero-order valence-corrected chi connectivity index (χ0v) is 13.7. The Morgan fingerprint density at radius 2 is 2.09 bits per heavy atom. The lowest BCUT2D eigenvalue weighted by Crippen LogP contribution is -2.48. The van der Waals surface area contributed by atoms with E-state index < -0.39 is 0 Å². The number of benzene rings is 1. The Hall–Kier alpha value is -2.52. The number of nitrogen functional groups attached to an aromatic ring is 1. The minimum atomic E-state index is -0.298. The van der Waals surface area contributed by atoms with E-state index in [1.165, 1.54) is 6.20 Å². The Kier molecular flexibility index (Phi) is 5.24. The fourth-order valence-electron chi connectivity index (χ4n) is 2.62. The fraction of sp³-hybridized carbons (Fsp3) is 0.412. The van der Waals surface area contributed by atoms with Crippen LogP contribution in [0.3, 0.4) is 0 Å². The van der Waals surface area contributed by atoms with Crippen LogP contribution in [0.2, 0.25) is 0 Å². The minimum absolute atomic E-state index is 0.0386. The predicted molar refractivity (Wildman–Crippen MR) is 89.5 cm³/mol. The van der Waals surface area contributed by atoms with Gasteiger partial charge in [-0.05, 0) is 38.5 Å². The number of nitrogens with zero attached hydrogens (tertiary/aromatic N) is 2. The molecule has 2 atom stereocenters. The molecule has 0 saturated carbocycles. The van der Waals surface area contributed by atoms with Gasteiger partial charge in [-0.3, -0.25) is 4.79 Å². The standard InChI is InChI=1S/C17H22N4O2/c1-11-4-5-16(15(19)6-11)20-8-14(7-18)17(22)21-9-12(2)23-13(3)10-21/h4-6,8,12-13,20H,9-10,19H2,1-3H3/b14-8-. The Labute approximate surface area is 136 Å². The molecule has 6 heteroatoms. The van der Waals surface area contributed by atoms with E-state index in [1.54, 1.807) is 4.90 Å². The van der Waals surface area contributed by atoms with E-state index in [-0.39, 0.29) is 23.7 Å². The highest BCUT2D eigenvalue weighted by atomic mass is 16.5. The van der Waals surface area contributed by atoms with Gasteiger partial charge in [-0.25, -0.2) is 0 Å². The van der Waals surface area contributed by atoms with Crippen LogP contribution in [0.5, 0.6) is 0 Å². The van der Waals surface area contributed by atoms with Crippen molar-refractivity contribution in [2.24, 2.45) is 0 Å². The summed E-state index contributed by atoms with van der Waals surface area (Å²) in [6, 6.07) is 7.51. The molecule has 0 spiro atoms. The molecule has 3 N–H and O–H groups in total. The monoisotopic (exact) mass is 314 g/mol. The van der Waals surface area contributed by atoms with Crippen LogP contribution in [0.4, 0.5) is 11.4 Å². The van der Waals surface area contributed by atoms with Gasteiger partial charge in [-0.2, -0.15) is 5.26 Å². The quantitative estimate of drug-likeness (QED) is 0.506. The number of ether oxygens (including phenoxy) is 1. The van der Waals surface area contributed by atoms with E-state index in [2.05, 4.69) is 5.32 Å². The summed E-state index contributed by atoms with van der Waals surface area (Å²) in [5.41, 5.74) is 8.25. The molecule has 0 radical (unpaired) electrons. The van der Waals surface area contributed by atoms with Crippen molar-refractivity contribution in [1.29, 1.82) is 5.26 Å². The van der Waals surface area contributed by atoms with Crippen molar-refractivity contribution >= 4 is 17.3 Å². The minimum Gasteiger partial charge on any atom is -0.397 e. The zero-order chi connectivity index (χ0) is 17.0. The number of aryl methyl sites for hydroxylation is 1. The van der Waals surface area contributed by atoms with Crippen molar-refractivity contribution in [3.8, 4) is 6.07 Å². The van der Waals surface area contributed by atoms with Gasteiger partial charge in [0.1, 0.15) is 11.6 Å². The van der Waals surface area contributed by atoms with E-state index in [0.29, 0.717) is 24.5 Å². The molecule has 1 fully saturated rings. The Bertz CT molecular complexity index is 653. The van der Waals surface area contributed by atoms with Crippen molar-refractivity contribution in [1.82, 2.24) is 4.90 Å². The molecule has 1 heterocycles. The molecule has 1 aliphatic rings. The van der Waals surface area contributed by atoms with Crippen LogP contribution in [0.1, 0.15) is 19.4 Å². The third-order valence-electron chi connectivity index (χ3n) is 3.64. The lowest BCUT2D eigenvalue weighted by molar-refractivity contribution is -0.138. The maximum absolute atomic E-state index is 12.5. The first-order valence-electron chi connectivity index (χ1n) is 7.58. The third-order valence-corrected chi connectivity index (χ3v) is 3.64. The molecule has 6 nitrogen and oxygen atoms in total. The van der Waals surface area contributed by atoms with Gasteiger partial charge in [0.2, 0.25) is 0 Å². The average molecular weight is 314 g/mol. The van der Waals surface area contributed by atoms with Gasteiger partial charge in [0, 0.05) is 19.3 Å². The number of carbonyl (C=O) groups is 1. The van der Waals surface area contributed by atoms with E-state index in [0.717, 1.165) is 5.56 Å². The normalized spacial score (nSPS) is 21.7. The number of nitrogens with two attached hydrogens (primary N) is 1. The van der Waals surface area contributed by atoms with Crippen molar-refractivity contribution in [3.05, 3.63) is 35.5 Å². The van der Waals surface area contributed by atoms with Crippen LogP contribution >= 0.6 is 0 Å². The highest BCUT2D eigenvalue weighted by Gasteiger charge is 2.27. The summed E-state index contributed by atoms with van der Waals surface area (Å²) in [5, 5.41) is 12.2. The number of carbonyl (C=O) groups excluding carboxylic acids is 1. The summed E-state index contributed by atoms with van der Waals surface area (Å²) in [6.45, 7) is 6.73. The topological polar surface area (TPSA) is 91.4 Å². The van der Waals surface area contributed by atoms with Crippen LogP contribution < -0.4 is 11.1 Å². The van der Waals surface area contributed by atoms with Gasteiger partial charge in [-0.1, -0.05) is 6.07 Å². The molecule has 2 unspecified atom stereocenters. The van der Waals surface area contributed by atoms with Gasteiger partial charge in [-0.15, -0.1) is 0 Å². The van der Waals surface area contributed by atoms with Crippen molar-refractivity contribution in [2.75, 3.05) is 24.1 Å². The van der Waals surface area contributed by atoms with Gasteiger partial charge < -0.3 is 20.7 Å². The SMILES string of the molecule is Cc1ccc(N/C=C(/C#N)C(=O)N2CC(C)OC(C)C2)c(N)c1. The molecule has 1 amide bonds. The second-order valence-corrected chi connectivity index (χ2v) is 5.87. The summed E-state index contributed by atoms with van der Waals surface area (Å²) in [4.78, 5) is 14.1. The number of rotatable bonds is 3. The van der Waals surface area contributed by atoms with Crippen LogP contribution in [0, 0.1) is 18.3 Å². The lowest BCUT2D eigenvalue weighted by Gasteiger charge is -2.35. The first kappa shape index (κ1) is 16.8. The molecule has 0 bridgehead atoms. The summed E-state index contributed by atoms with van der Waals surface area (Å²) in [6.07, 6.45) is 1.33.